The molecule has 1 heterocycles. The maximum absolute atomic E-state index is 5.79. The molecule has 0 saturated carbocycles. The first-order valence-corrected chi connectivity index (χ1v) is 6.42. The van der Waals surface area contributed by atoms with E-state index in [2.05, 4.69) is 31.3 Å². The number of hydrogen-bond acceptors (Lipinski definition) is 5. The lowest BCUT2D eigenvalue weighted by molar-refractivity contribution is 0.457. The number of ether oxygens (including phenoxy) is 1. The number of hydrogen-bond donors (Lipinski definition) is 2. The SMILES string of the molecule is C/C=C/c1ccccc1Oc1ncnc(NN)c1Br. The van der Waals surface area contributed by atoms with Crippen molar-refractivity contribution >= 4 is 27.8 Å². The van der Waals surface area contributed by atoms with Gasteiger partial charge in [-0.25, -0.2) is 15.8 Å². The van der Waals surface area contributed by atoms with E-state index in [-0.39, 0.29) is 0 Å². The Morgan fingerprint density at radius 2 is 2.11 bits per heavy atom. The summed E-state index contributed by atoms with van der Waals surface area (Å²) in [4.78, 5) is 8.05. The zero-order chi connectivity index (χ0) is 13.7. The largest absolute Gasteiger partial charge is 0.437 e. The Bertz CT molecular complexity index is 601. The van der Waals surface area contributed by atoms with E-state index < -0.39 is 0 Å². The second-order valence-electron chi connectivity index (χ2n) is 3.63. The van der Waals surface area contributed by atoms with Gasteiger partial charge in [0.2, 0.25) is 5.88 Å². The molecule has 0 aliphatic carbocycles. The lowest BCUT2D eigenvalue weighted by Crippen LogP contribution is -2.09. The highest BCUT2D eigenvalue weighted by molar-refractivity contribution is 9.10. The summed E-state index contributed by atoms with van der Waals surface area (Å²) in [6.07, 6.45) is 5.30. The molecule has 0 atom stereocenters. The van der Waals surface area contributed by atoms with E-state index >= 15 is 0 Å². The zero-order valence-corrected chi connectivity index (χ0v) is 11.9. The number of halogens is 1. The van der Waals surface area contributed by atoms with Gasteiger partial charge in [-0.3, -0.25) is 0 Å². The van der Waals surface area contributed by atoms with E-state index in [1.165, 1.54) is 6.33 Å². The van der Waals surface area contributed by atoms with Gasteiger partial charge in [0.25, 0.3) is 0 Å². The Morgan fingerprint density at radius 1 is 1.32 bits per heavy atom. The minimum absolute atomic E-state index is 0.403. The van der Waals surface area contributed by atoms with Gasteiger partial charge in [-0.2, -0.15) is 0 Å². The summed E-state index contributed by atoms with van der Waals surface area (Å²) in [5.41, 5.74) is 3.44. The standard InChI is InChI=1S/C13H13BrN4O/c1-2-5-9-6-3-4-7-10(9)19-13-11(14)12(18-15)16-8-17-13/h2-8H,15H2,1H3,(H,16,17,18)/b5-2+. The third-order valence-corrected chi connectivity index (χ3v) is 3.08. The van der Waals surface area contributed by atoms with Crippen molar-refractivity contribution in [3.8, 4) is 11.6 Å². The van der Waals surface area contributed by atoms with E-state index in [1.54, 1.807) is 0 Å². The number of nitrogens with one attached hydrogen (secondary N) is 1. The van der Waals surface area contributed by atoms with E-state index in [0.717, 1.165) is 5.56 Å². The Balaban J connectivity index is 2.36. The number of aromatic nitrogens is 2. The van der Waals surface area contributed by atoms with Crippen molar-refractivity contribution in [1.29, 1.82) is 0 Å². The molecule has 19 heavy (non-hydrogen) atoms. The number of benzene rings is 1. The second-order valence-corrected chi connectivity index (χ2v) is 4.42. The van der Waals surface area contributed by atoms with E-state index in [9.17, 15) is 0 Å². The summed E-state index contributed by atoms with van der Waals surface area (Å²) in [7, 11) is 0. The summed E-state index contributed by atoms with van der Waals surface area (Å²) in [5, 5.41) is 0. The van der Waals surface area contributed by atoms with Gasteiger partial charge in [0.1, 0.15) is 16.5 Å². The Kier molecular flexibility index (Phi) is 4.48. The molecule has 0 unspecified atom stereocenters. The molecule has 0 saturated heterocycles. The van der Waals surface area contributed by atoms with Gasteiger partial charge in [0, 0.05) is 5.56 Å². The fraction of sp³-hybridized carbons (Fsp3) is 0.0769. The van der Waals surface area contributed by atoms with Crippen molar-refractivity contribution in [2.45, 2.75) is 6.92 Å². The van der Waals surface area contributed by atoms with Crippen LogP contribution in [0.1, 0.15) is 12.5 Å². The maximum atomic E-state index is 5.79. The van der Waals surface area contributed by atoms with Gasteiger partial charge in [-0.15, -0.1) is 0 Å². The molecule has 0 aliphatic rings. The molecule has 2 rings (SSSR count). The smallest absolute Gasteiger partial charge is 0.238 e. The van der Waals surface area contributed by atoms with Crippen LogP contribution in [0, 0.1) is 0 Å². The average Bonchev–Trinajstić information content (AvgIpc) is 2.43. The van der Waals surface area contributed by atoms with Gasteiger partial charge >= 0.3 is 0 Å². The van der Waals surface area contributed by atoms with Crippen molar-refractivity contribution in [3.63, 3.8) is 0 Å². The summed E-state index contributed by atoms with van der Waals surface area (Å²) in [6.45, 7) is 1.95. The minimum atomic E-state index is 0.403. The number of anilines is 1. The van der Waals surface area contributed by atoms with Gasteiger partial charge in [-0.1, -0.05) is 30.4 Å². The molecular weight excluding hydrogens is 308 g/mol. The van der Waals surface area contributed by atoms with Crippen LogP contribution in [0.2, 0.25) is 0 Å². The van der Waals surface area contributed by atoms with Gasteiger partial charge in [-0.05, 0) is 28.9 Å². The predicted molar refractivity (Wildman–Crippen MR) is 78.8 cm³/mol. The van der Waals surface area contributed by atoms with Gasteiger partial charge in [0.05, 0.1) is 0 Å². The molecule has 0 amide bonds. The van der Waals surface area contributed by atoms with Crippen molar-refractivity contribution in [3.05, 3.63) is 46.7 Å². The molecule has 2 aromatic rings. The highest BCUT2D eigenvalue weighted by atomic mass is 79.9. The number of nitrogens with zero attached hydrogens (tertiary/aromatic N) is 2. The number of para-hydroxylation sites is 1. The molecule has 3 N–H and O–H groups in total. The van der Waals surface area contributed by atoms with Crippen LogP contribution in [0.15, 0.2) is 41.1 Å². The molecule has 0 aliphatic heterocycles. The lowest BCUT2D eigenvalue weighted by atomic mass is 10.2. The summed E-state index contributed by atoms with van der Waals surface area (Å²) >= 11 is 3.35. The molecule has 0 spiro atoms. The summed E-state index contributed by atoms with van der Waals surface area (Å²) in [6, 6.07) is 7.69. The van der Waals surface area contributed by atoms with Crippen LogP contribution in [0.3, 0.4) is 0 Å². The monoisotopic (exact) mass is 320 g/mol. The van der Waals surface area contributed by atoms with Crippen LogP contribution in [0.25, 0.3) is 6.08 Å². The van der Waals surface area contributed by atoms with E-state index in [1.807, 2.05) is 43.3 Å². The molecule has 1 aromatic heterocycles. The Hall–Kier alpha value is -1.92. The molecule has 0 fully saturated rings. The third kappa shape index (κ3) is 3.10. The van der Waals surface area contributed by atoms with Crippen molar-refractivity contribution in [1.82, 2.24) is 9.97 Å². The molecule has 98 valence electrons. The molecule has 0 bridgehead atoms. The van der Waals surface area contributed by atoms with Gasteiger partial charge in [0.15, 0.2) is 5.82 Å². The van der Waals surface area contributed by atoms with Crippen molar-refractivity contribution < 1.29 is 4.74 Å². The molecule has 5 nitrogen and oxygen atoms in total. The number of nitrogen functional groups attached to an aromatic ring is 1. The fourth-order valence-electron chi connectivity index (χ4n) is 1.52. The molecule has 6 heteroatoms. The highest BCUT2D eigenvalue weighted by Gasteiger charge is 2.11. The fourth-order valence-corrected chi connectivity index (χ4v) is 1.92. The number of rotatable bonds is 4. The summed E-state index contributed by atoms with van der Waals surface area (Å²) < 4.78 is 6.37. The Labute approximate surface area is 119 Å². The van der Waals surface area contributed by atoms with Crippen LogP contribution in [0.5, 0.6) is 11.6 Å². The van der Waals surface area contributed by atoms with Crippen molar-refractivity contribution in [2.75, 3.05) is 5.43 Å². The number of hydrazine groups is 1. The van der Waals surface area contributed by atoms with Crippen molar-refractivity contribution in [2.24, 2.45) is 5.84 Å². The molecule has 1 aromatic carbocycles. The normalized spacial score (nSPS) is 10.7. The second kappa shape index (κ2) is 6.31. The highest BCUT2D eigenvalue weighted by Crippen LogP contribution is 2.33. The first-order valence-electron chi connectivity index (χ1n) is 5.63. The van der Waals surface area contributed by atoms with Crippen LogP contribution in [-0.2, 0) is 0 Å². The van der Waals surface area contributed by atoms with Gasteiger partial charge < -0.3 is 10.2 Å². The average molecular weight is 321 g/mol. The van der Waals surface area contributed by atoms with E-state index in [0.29, 0.717) is 21.9 Å². The first kappa shape index (κ1) is 13.5. The first-order chi connectivity index (χ1) is 9.26. The van der Waals surface area contributed by atoms with Crippen LogP contribution < -0.4 is 16.0 Å². The number of nitrogens with two attached hydrogens (primary N) is 1. The quantitative estimate of drug-likeness (QED) is 0.667. The zero-order valence-electron chi connectivity index (χ0n) is 10.3. The minimum Gasteiger partial charge on any atom is -0.437 e. The third-order valence-electron chi connectivity index (χ3n) is 2.37. The van der Waals surface area contributed by atoms with Crippen LogP contribution in [-0.4, -0.2) is 9.97 Å². The maximum Gasteiger partial charge on any atom is 0.238 e. The van der Waals surface area contributed by atoms with E-state index in [4.69, 9.17) is 10.6 Å². The van der Waals surface area contributed by atoms with Crippen LogP contribution >= 0.6 is 15.9 Å². The molecule has 0 radical (unpaired) electrons. The number of allylic oxidation sites excluding steroid dienone is 1. The topological polar surface area (TPSA) is 73.1 Å². The predicted octanol–water partition coefficient (Wildman–Crippen LogP) is 3.35. The summed E-state index contributed by atoms with van der Waals surface area (Å²) in [5.74, 6) is 6.93. The molecular formula is C13H13BrN4O. The lowest BCUT2D eigenvalue weighted by Gasteiger charge is -2.10. The van der Waals surface area contributed by atoms with Crippen LogP contribution in [0.4, 0.5) is 5.82 Å². The Morgan fingerprint density at radius 3 is 2.84 bits per heavy atom.